The summed E-state index contributed by atoms with van der Waals surface area (Å²) in [6.45, 7) is 4.77. The molecule has 13 rings (SSSR count). The molecule has 11 aromatic rings. The Morgan fingerprint density at radius 1 is 0.308 bits per heavy atom. The highest BCUT2D eigenvalue weighted by Crippen LogP contribution is 2.58. The van der Waals surface area contributed by atoms with Crippen LogP contribution in [0.2, 0.25) is 0 Å². The van der Waals surface area contributed by atoms with Crippen molar-refractivity contribution in [3.8, 4) is 33.4 Å². The molecule has 1 nitrogen and oxygen atoms in total. The molecule has 0 bridgehead atoms. The van der Waals surface area contributed by atoms with Crippen LogP contribution >= 0.6 is 0 Å². The van der Waals surface area contributed by atoms with E-state index in [2.05, 4.69) is 255 Å². The minimum absolute atomic E-state index is 0.149. The highest BCUT2D eigenvalue weighted by Gasteiger charge is 2.46. The molecule has 0 saturated carbocycles. The maximum absolute atomic E-state index is 2.54. The van der Waals surface area contributed by atoms with E-state index in [1.165, 1.54) is 99.1 Å². The summed E-state index contributed by atoms with van der Waals surface area (Å²) in [5, 5.41) is 7.55. The second kappa shape index (κ2) is 14.3. The lowest BCUT2D eigenvalue weighted by molar-refractivity contribution is 0.661. The van der Waals surface area contributed by atoms with Gasteiger partial charge >= 0.3 is 0 Å². The van der Waals surface area contributed by atoms with Crippen LogP contribution in [0.15, 0.2) is 237 Å². The molecule has 0 amide bonds. The highest BCUT2D eigenvalue weighted by molar-refractivity contribution is 6.15. The molecule has 0 fully saturated rings. The minimum atomic E-state index is -0.536. The zero-order valence-corrected chi connectivity index (χ0v) is 36.5. The van der Waals surface area contributed by atoms with Crippen molar-refractivity contribution in [3.05, 3.63) is 270 Å². The molecule has 306 valence electrons. The number of rotatable bonds is 6. The first-order valence-corrected chi connectivity index (χ1v) is 22.8. The van der Waals surface area contributed by atoms with Gasteiger partial charge in [-0.05, 0) is 136 Å². The third kappa shape index (κ3) is 5.46. The van der Waals surface area contributed by atoms with Crippen molar-refractivity contribution in [1.29, 1.82) is 0 Å². The summed E-state index contributed by atoms with van der Waals surface area (Å²) in [6, 6.07) is 88.6. The van der Waals surface area contributed by atoms with Crippen molar-refractivity contribution >= 4 is 49.4 Å². The molecule has 2 aliphatic carbocycles. The van der Waals surface area contributed by atoms with Crippen LogP contribution in [0.25, 0.3) is 65.7 Å². The zero-order valence-electron chi connectivity index (χ0n) is 36.5. The van der Waals surface area contributed by atoms with Gasteiger partial charge in [0.2, 0.25) is 0 Å². The van der Waals surface area contributed by atoms with Crippen LogP contribution in [0.5, 0.6) is 0 Å². The number of benzene rings is 11. The van der Waals surface area contributed by atoms with E-state index < -0.39 is 5.41 Å². The third-order valence-electron chi connectivity index (χ3n) is 14.7. The zero-order chi connectivity index (χ0) is 43.3. The lowest BCUT2D eigenvalue weighted by atomic mass is 9.67. The SMILES string of the molecule is CC1(C)c2ccc(N(c3ccc4c(c3)C(c3ccccc3)(c3ccccc3)c3ccccc3-4)c3ccccc3-c3cccc4ccc5ccccc5c34)cc2-c2cc3ccccc3cc21. The fraction of sp³-hybridized carbons (Fsp3) is 0.0625. The topological polar surface area (TPSA) is 3.24 Å². The number of hydrogen-bond acceptors (Lipinski definition) is 1. The molecule has 0 heterocycles. The Labute approximate surface area is 380 Å². The molecular weight excluding hydrogens is 783 g/mol. The molecule has 0 aliphatic heterocycles. The molecule has 0 spiro atoms. The van der Waals surface area contributed by atoms with Crippen molar-refractivity contribution in [1.82, 2.24) is 0 Å². The van der Waals surface area contributed by atoms with E-state index in [-0.39, 0.29) is 5.41 Å². The maximum atomic E-state index is 2.54. The smallest absolute Gasteiger partial charge is 0.0714 e. The van der Waals surface area contributed by atoms with E-state index in [9.17, 15) is 0 Å². The first kappa shape index (κ1) is 37.5. The second-order valence-corrected chi connectivity index (χ2v) is 18.4. The Morgan fingerprint density at radius 2 is 0.862 bits per heavy atom. The summed E-state index contributed by atoms with van der Waals surface area (Å²) in [5.41, 5.74) is 18.1. The monoisotopic (exact) mass is 827 g/mol. The van der Waals surface area contributed by atoms with E-state index in [0.29, 0.717) is 0 Å². The first-order valence-electron chi connectivity index (χ1n) is 22.8. The second-order valence-electron chi connectivity index (χ2n) is 18.4. The summed E-state index contributed by atoms with van der Waals surface area (Å²) >= 11 is 0. The van der Waals surface area contributed by atoms with Gasteiger partial charge in [0.05, 0.1) is 11.1 Å². The van der Waals surface area contributed by atoms with Crippen molar-refractivity contribution < 1.29 is 0 Å². The van der Waals surface area contributed by atoms with Crippen LogP contribution in [0.1, 0.15) is 47.2 Å². The summed E-state index contributed by atoms with van der Waals surface area (Å²) in [5.74, 6) is 0. The predicted octanol–water partition coefficient (Wildman–Crippen LogP) is 17.0. The van der Waals surface area contributed by atoms with E-state index in [0.717, 1.165) is 17.1 Å². The van der Waals surface area contributed by atoms with Gasteiger partial charge in [-0.3, -0.25) is 0 Å². The molecule has 65 heavy (non-hydrogen) atoms. The molecule has 0 radical (unpaired) electrons. The van der Waals surface area contributed by atoms with Crippen LogP contribution < -0.4 is 4.90 Å². The van der Waals surface area contributed by atoms with Crippen LogP contribution in [0.4, 0.5) is 17.1 Å². The van der Waals surface area contributed by atoms with Gasteiger partial charge in [-0.25, -0.2) is 0 Å². The third-order valence-corrected chi connectivity index (χ3v) is 14.7. The van der Waals surface area contributed by atoms with Crippen molar-refractivity contribution in [2.24, 2.45) is 0 Å². The average Bonchev–Trinajstić information content (AvgIpc) is 3.78. The highest BCUT2D eigenvalue weighted by atomic mass is 15.1. The predicted molar refractivity (Wildman–Crippen MR) is 274 cm³/mol. The lowest BCUT2D eigenvalue weighted by Crippen LogP contribution is -2.28. The number of para-hydroxylation sites is 1. The summed E-state index contributed by atoms with van der Waals surface area (Å²) in [4.78, 5) is 2.54. The molecule has 0 N–H and O–H groups in total. The van der Waals surface area contributed by atoms with Gasteiger partial charge in [-0.1, -0.05) is 208 Å². The number of hydrogen-bond donors (Lipinski definition) is 0. The van der Waals surface area contributed by atoms with Gasteiger partial charge in [0.15, 0.2) is 0 Å². The number of fused-ring (bicyclic) bond motifs is 10. The quantitative estimate of drug-likeness (QED) is 0.151. The molecular formula is C64H45N. The van der Waals surface area contributed by atoms with Crippen LogP contribution in [-0.4, -0.2) is 0 Å². The molecule has 0 saturated heterocycles. The molecule has 0 aromatic heterocycles. The molecule has 0 unspecified atom stereocenters. The number of nitrogens with zero attached hydrogens (tertiary/aromatic N) is 1. The summed E-state index contributed by atoms with van der Waals surface area (Å²) in [6.07, 6.45) is 0. The standard InChI is InChI=1S/C64H45N/c1-63(2)57-37-35-48(40-56(57)55-38-44-19-9-10-20-45(44)39-59(55)63)65(61-31-16-14-28-53(61)54-29-17-21-43-33-32-42-18-11-12-26-50(42)62(43)54)49-34-36-52-51-27-13-15-30-58(51)64(60(52)41-49,46-22-5-3-6-23-46)47-24-7-4-8-25-47/h3-41H,1-2H3. The van der Waals surface area contributed by atoms with Crippen LogP contribution in [-0.2, 0) is 10.8 Å². The largest absolute Gasteiger partial charge is 0.310 e. The van der Waals surface area contributed by atoms with Crippen molar-refractivity contribution in [3.63, 3.8) is 0 Å². The maximum Gasteiger partial charge on any atom is 0.0714 e. The Morgan fingerprint density at radius 3 is 1.65 bits per heavy atom. The van der Waals surface area contributed by atoms with E-state index in [4.69, 9.17) is 0 Å². The Kier molecular flexibility index (Phi) is 8.24. The van der Waals surface area contributed by atoms with E-state index in [1.54, 1.807) is 0 Å². The Hall–Kier alpha value is -8.00. The fourth-order valence-electron chi connectivity index (χ4n) is 11.7. The normalized spacial score (nSPS) is 13.9. The fourth-order valence-corrected chi connectivity index (χ4v) is 11.7. The number of anilines is 3. The van der Waals surface area contributed by atoms with Crippen LogP contribution in [0, 0.1) is 0 Å². The van der Waals surface area contributed by atoms with E-state index >= 15 is 0 Å². The van der Waals surface area contributed by atoms with Crippen molar-refractivity contribution in [2.75, 3.05) is 4.90 Å². The van der Waals surface area contributed by atoms with Gasteiger partial charge < -0.3 is 4.90 Å². The van der Waals surface area contributed by atoms with Gasteiger partial charge in [-0.2, -0.15) is 0 Å². The van der Waals surface area contributed by atoms with Gasteiger partial charge in [-0.15, -0.1) is 0 Å². The summed E-state index contributed by atoms with van der Waals surface area (Å²) in [7, 11) is 0. The molecule has 1 heteroatoms. The summed E-state index contributed by atoms with van der Waals surface area (Å²) < 4.78 is 0. The average molecular weight is 828 g/mol. The van der Waals surface area contributed by atoms with Gasteiger partial charge in [0.25, 0.3) is 0 Å². The van der Waals surface area contributed by atoms with Crippen molar-refractivity contribution in [2.45, 2.75) is 24.7 Å². The molecule has 2 aliphatic rings. The minimum Gasteiger partial charge on any atom is -0.310 e. The van der Waals surface area contributed by atoms with Crippen LogP contribution in [0.3, 0.4) is 0 Å². The Bertz CT molecular complexity index is 3650. The van der Waals surface area contributed by atoms with E-state index in [1.807, 2.05) is 0 Å². The van der Waals surface area contributed by atoms with Gasteiger partial charge in [0.1, 0.15) is 0 Å². The molecule has 11 aromatic carbocycles. The first-order chi connectivity index (χ1) is 32.0. The lowest BCUT2D eigenvalue weighted by Gasteiger charge is -2.35. The van der Waals surface area contributed by atoms with Gasteiger partial charge in [0, 0.05) is 22.4 Å². The Balaban J connectivity index is 1.11. The molecule has 0 atom stereocenters.